The largest absolute Gasteiger partial charge is 0.455 e. The second-order valence-corrected chi connectivity index (χ2v) is 4.74. The first-order valence-corrected chi connectivity index (χ1v) is 6.20. The third-order valence-electron chi connectivity index (χ3n) is 2.28. The normalized spacial score (nSPS) is 9.83. The highest BCUT2D eigenvalue weighted by molar-refractivity contribution is 9.10. The molecule has 0 aliphatic carbocycles. The molecule has 0 saturated heterocycles. The zero-order valence-electron chi connectivity index (χ0n) is 9.15. The van der Waals surface area contributed by atoms with Gasteiger partial charge in [0.25, 0.3) is 0 Å². The summed E-state index contributed by atoms with van der Waals surface area (Å²) in [6, 6.07) is 12.2. The summed E-state index contributed by atoms with van der Waals surface area (Å²) in [5.41, 5.74) is 6.73. The maximum absolute atomic E-state index is 9.00. The van der Waals surface area contributed by atoms with E-state index in [1.54, 1.807) is 36.4 Å². The highest BCUT2D eigenvalue weighted by Gasteiger charge is 2.09. The Morgan fingerprint density at radius 2 is 2.00 bits per heavy atom. The number of halogens is 2. The van der Waals surface area contributed by atoms with Gasteiger partial charge in [-0.2, -0.15) is 5.26 Å². The molecule has 0 aromatic heterocycles. The highest BCUT2D eigenvalue weighted by atomic mass is 79.9. The zero-order chi connectivity index (χ0) is 13.1. The molecule has 2 aromatic rings. The molecule has 2 N–H and O–H groups in total. The smallest absolute Gasteiger partial charge is 0.146 e. The van der Waals surface area contributed by atoms with Crippen molar-refractivity contribution in [2.24, 2.45) is 0 Å². The lowest BCUT2D eigenvalue weighted by Gasteiger charge is -2.10. The molecular formula is C13H8BrClN2O. The lowest BCUT2D eigenvalue weighted by molar-refractivity contribution is 0.478. The van der Waals surface area contributed by atoms with E-state index in [-0.39, 0.29) is 0 Å². The lowest BCUT2D eigenvalue weighted by Crippen LogP contribution is -1.92. The molecular weight excluding hydrogens is 316 g/mol. The molecule has 0 unspecified atom stereocenters. The number of nitrogens with two attached hydrogens (primary N) is 1. The maximum atomic E-state index is 9.00. The van der Waals surface area contributed by atoms with Crippen LogP contribution in [0.3, 0.4) is 0 Å². The number of ether oxygens (including phenoxy) is 1. The van der Waals surface area contributed by atoms with Crippen LogP contribution in [0, 0.1) is 11.3 Å². The van der Waals surface area contributed by atoms with Gasteiger partial charge in [0.2, 0.25) is 0 Å². The minimum atomic E-state index is 0.399. The molecule has 0 spiro atoms. The summed E-state index contributed by atoms with van der Waals surface area (Å²) in [5, 5.41) is 9.51. The number of hydrogen-bond acceptors (Lipinski definition) is 3. The predicted octanol–water partition coefficient (Wildman–Crippen LogP) is 4.35. The van der Waals surface area contributed by atoms with Crippen LogP contribution in [0.4, 0.5) is 5.69 Å². The zero-order valence-corrected chi connectivity index (χ0v) is 11.5. The highest BCUT2D eigenvalue weighted by Crippen LogP contribution is 2.35. The Kier molecular flexibility index (Phi) is 3.75. The number of hydrogen-bond donors (Lipinski definition) is 1. The van der Waals surface area contributed by atoms with E-state index in [2.05, 4.69) is 15.9 Å². The monoisotopic (exact) mass is 322 g/mol. The van der Waals surface area contributed by atoms with E-state index in [4.69, 9.17) is 27.3 Å². The molecule has 5 heteroatoms. The summed E-state index contributed by atoms with van der Waals surface area (Å²) in [5.74, 6) is 0.935. The topological polar surface area (TPSA) is 59.0 Å². The van der Waals surface area contributed by atoms with Crippen LogP contribution < -0.4 is 10.5 Å². The molecule has 3 nitrogen and oxygen atoms in total. The lowest BCUT2D eigenvalue weighted by atomic mass is 10.2. The Morgan fingerprint density at radius 3 is 2.72 bits per heavy atom. The Labute approximate surface area is 118 Å². The van der Waals surface area contributed by atoms with Crippen LogP contribution in [0.2, 0.25) is 5.02 Å². The molecule has 0 saturated carbocycles. The number of anilines is 1. The van der Waals surface area contributed by atoms with Crippen molar-refractivity contribution < 1.29 is 4.74 Å². The van der Waals surface area contributed by atoms with Crippen molar-refractivity contribution in [1.29, 1.82) is 5.26 Å². The van der Waals surface area contributed by atoms with E-state index in [0.29, 0.717) is 32.2 Å². The molecule has 0 aliphatic heterocycles. The number of benzene rings is 2. The van der Waals surface area contributed by atoms with Crippen molar-refractivity contribution >= 4 is 33.2 Å². The maximum Gasteiger partial charge on any atom is 0.146 e. The molecule has 0 heterocycles. The van der Waals surface area contributed by atoms with Crippen molar-refractivity contribution in [1.82, 2.24) is 0 Å². The summed E-state index contributed by atoms with van der Waals surface area (Å²) < 4.78 is 6.31. The molecule has 0 amide bonds. The van der Waals surface area contributed by atoms with E-state index in [1.165, 1.54) is 0 Å². The SMILES string of the molecule is N#Cc1ccc(Cl)cc1Oc1cccc(N)c1Br. The first-order chi connectivity index (χ1) is 8.61. The fraction of sp³-hybridized carbons (Fsp3) is 0. The molecule has 0 radical (unpaired) electrons. The first-order valence-electron chi connectivity index (χ1n) is 5.03. The Morgan fingerprint density at radius 1 is 1.22 bits per heavy atom. The van der Waals surface area contributed by atoms with Crippen LogP contribution in [0.5, 0.6) is 11.5 Å². The van der Waals surface area contributed by atoms with Gasteiger partial charge in [0.15, 0.2) is 0 Å². The standard InChI is InChI=1S/C13H8BrClN2O/c14-13-10(17)2-1-3-11(13)18-12-6-9(15)5-4-8(12)7-16/h1-6H,17H2. The van der Waals surface area contributed by atoms with E-state index in [9.17, 15) is 0 Å². The van der Waals surface area contributed by atoms with Gasteiger partial charge < -0.3 is 10.5 Å². The van der Waals surface area contributed by atoms with Crippen molar-refractivity contribution in [3.63, 3.8) is 0 Å². The summed E-state index contributed by atoms with van der Waals surface area (Å²) in [6.45, 7) is 0. The quantitative estimate of drug-likeness (QED) is 0.836. The Balaban J connectivity index is 2.43. The van der Waals surface area contributed by atoms with Gasteiger partial charge in [0.1, 0.15) is 17.6 Å². The summed E-state index contributed by atoms with van der Waals surface area (Å²) in [4.78, 5) is 0. The molecule has 0 aliphatic rings. The van der Waals surface area contributed by atoms with Gasteiger partial charge in [-0.3, -0.25) is 0 Å². The third kappa shape index (κ3) is 2.58. The number of nitrogens with zero attached hydrogens (tertiary/aromatic N) is 1. The minimum Gasteiger partial charge on any atom is -0.455 e. The van der Waals surface area contributed by atoms with Crippen molar-refractivity contribution in [3.8, 4) is 17.6 Å². The van der Waals surface area contributed by atoms with Gasteiger partial charge >= 0.3 is 0 Å². The molecule has 2 aromatic carbocycles. The Bertz CT molecular complexity index is 637. The predicted molar refractivity (Wildman–Crippen MR) is 74.8 cm³/mol. The molecule has 0 atom stereocenters. The number of nitrogen functional groups attached to an aromatic ring is 1. The van der Waals surface area contributed by atoms with E-state index in [0.717, 1.165) is 0 Å². The van der Waals surface area contributed by atoms with E-state index >= 15 is 0 Å². The van der Waals surface area contributed by atoms with Crippen molar-refractivity contribution in [3.05, 3.63) is 51.5 Å². The molecule has 0 fully saturated rings. The Hall–Kier alpha value is -1.70. The molecule has 18 heavy (non-hydrogen) atoms. The van der Waals surface area contributed by atoms with Gasteiger partial charge in [-0.1, -0.05) is 17.7 Å². The van der Waals surface area contributed by atoms with E-state index < -0.39 is 0 Å². The van der Waals surface area contributed by atoms with E-state index in [1.807, 2.05) is 6.07 Å². The van der Waals surface area contributed by atoms with Gasteiger partial charge in [-0.05, 0) is 40.2 Å². The average Bonchev–Trinajstić information content (AvgIpc) is 2.35. The van der Waals surface area contributed by atoms with Crippen LogP contribution in [0.1, 0.15) is 5.56 Å². The van der Waals surface area contributed by atoms with Gasteiger partial charge in [0.05, 0.1) is 10.0 Å². The minimum absolute atomic E-state index is 0.399. The van der Waals surface area contributed by atoms with Crippen LogP contribution >= 0.6 is 27.5 Å². The second-order valence-electron chi connectivity index (χ2n) is 3.51. The van der Waals surface area contributed by atoms with Crippen LogP contribution in [-0.2, 0) is 0 Å². The third-order valence-corrected chi connectivity index (χ3v) is 3.36. The van der Waals surface area contributed by atoms with Crippen LogP contribution in [0.25, 0.3) is 0 Å². The average molecular weight is 324 g/mol. The summed E-state index contributed by atoms with van der Waals surface area (Å²) in [6.07, 6.45) is 0. The fourth-order valence-corrected chi connectivity index (χ4v) is 1.91. The van der Waals surface area contributed by atoms with Crippen molar-refractivity contribution in [2.45, 2.75) is 0 Å². The van der Waals surface area contributed by atoms with Crippen LogP contribution in [-0.4, -0.2) is 0 Å². The first kappa shape index (κ1) is 12.7. The number of rotatable bonds is 2. The van der Waals surface area contributed by atoms with Gasteiger partial charge in [-0.25, -0.2) is 0 Å². The summed E-state index contributed by atoms with van der Waals surface area (Å²) in [7, 11) is 0. The number of nitriles is 1. The van der Waals surface area contributed by atoms with Gasteiger partial charge in [-0.15, -0.1) is 0 Å². The molecule has 2 rings (SSSR count). The second kappa shape index (κ2) is 5.30. The fourth-order valence-electron chi connectivity index (χ4n) is 1.40. The molecule has 0 bridgehead atoms. The van der Waals surface area contributed by atoms with Gasteiger partial charge in [0, 0.05) is 16.8 Å². The van der Waals surface area contributed by atoms with Crippen molar-refractivity contribution in [2.75, 3.05) is 5.73 Å². The molecule has 90 valence electrons. The van der Waals surface area contributed by atoms with Crippen LogP contribution in [0.15, 0.2) is 40.9 Å². The summed E-state index contributed by atoms with van der Waals surface area (Å²) >= 11 is 9.22.